The van der Waals surface area contributed by atoms with E-state index in [1.54, 1.807) is 0 Å². The van der Waals surface area contributed by atoms with E-state index in [1.807, 2.05) is 0 Å². The van der Waals surface area contributed by atoms with E-state index in [9.17, 15) is 0 Å². The normalized spacial score (nSPS) is 13.9. The second-order valence-electron chi connectivity index (χ2n) is 16.6. The van der Waals surface area contributed by atoms with Gasteiger partial charge in [0.25, 0.3) is 0 Å². The maximum Gasteiger partial charge on any atom is 0.0467 e. The minimum Gasteiger partial charge on any atom is -0.310 e. The zero-order valence-electron chi connectivity index (χ0n) is 35.2. The van der Waals surface area contributed by atoms with Crippen LogP contribution >= 0.6 is 0 Å². The van der Waals surface area contributed by atoms with E-state index in [0.717, 1.165) is 22.6 Å². The molecule has 0 heterocycles. The predicted molar refractivity (Wildman–Crippen MR) is 266 cm³/mol. The van der Waals surface area contributed by atoms with Crippen LogP contribution < -0.4 is 4.90 Å². The van der Waals surface area contributed by atoms with Gasteiger partial charge in [-0.15, -0.1) is 0 Å². The van der Waals surface area contributed by atoms with Gasteiger partial charge >= 0.3 is 0 Å². The van der Waals surface area contributed by atoms with Crippen molar-refractivity contribution in [3.05, 3.63) is 271 Å². The first-order valence-electron chi connectivity index (χ1n) is 21.8. The van der Waals surface area contributed by atoms with Gasteiger partial charge in [-0.2, -0.15) is 0 Å². The molecule has 298 valence electrons. The van der Waals surface area contributed by atoms with Crippen LogP contribution in [0.5, 0.6) is 0 Å². The molecule has 0 amide bonds. The molecule has 0 spiro atoms. The van der Waals surface area contributed by atoms with Crippen molar-refractivity contribution in [2.24, 2.45) is 0 Å². The van der Waals surface area contributed by atoms with Gasteiger partial charge in [0.2, 0.25) is 0 Å². The van der Waals surface area contributed by atoms with Crippen molar-refractivity contribution in [3.63, 3.8) is 0 Å². The van der Waals surface area contributed by atoms with Gasteiger partial charge in [-0.05, 0) is 133 Å². The van der Waals surface area contributed by atoms with Crippen molar-refractivity contribution in [3.8, 4) is 66.8 Å². The van der Waals surface area contributed by atoms with Crippen LogP contribution in [-0.4, -0.2) is 0 Å². The molecule has 0 bridgehead atoms. The van der Waals surface area contributed by atoms with E-state index in [-0.39, 0.29) is 5.41 Å². The molecule has 63 heavy (non-hydrogen) atoms. The summed E-state index contributed by atoms with van der Waals surface area (Å²) in [7, 11) is 0. The van der Waals surface area contributed by atoms with Crippen LogP contribution in [0, 0.1) is 0 Å². The second kappa shape index (κ2) is 16.1. The van der Waals surface area contributed by atoms with Crippen LogP contribution in [0.4, 0.5) is 17.1 Å². The number of fused-ring (bicyclic) bond motifs is 3. The molecule has 0 radical (unpaired) electrons. The van der Waals surface area contributed by atoms with Gasteiger partial charge in [0.05, 0.1) is 0 Å². The van der Waals surface area contributed by atoms with Crippen molar-refractivity contribution in [1.82, 2.24) is 0 Å². The summed E-state index contributed by atoms with van der Waals surface area (Å²) in [4.78, 5) is 2.43. The Bertz CT molecular complexity index is 3190. The second-order valence-corrected chi connectivity index (χ2v) is 16.6. The van der Waals surface area contributed by atoms with Crippen molar-refractivity contribution < 1.29 is 0 Å². The van der Waals surface area contributed by atoms with Crippen molar-refractivity contribution in [2.45, 2.75) is 12.3 Å². The fourth-order valence-electron chi connectivity index (χ4n) is 9.71. The van der Waals surface area contributed by atoms with Crippen molar-refractivity contribution >= 4 is 17.1 Å². The Hall–Kier alpha value is -8.00. The molecule has 11 rings (SSSR count). The lowest BCUT2D eigenvalue weighted by Gasteiger charge is -2.31. The molecule has 0 aliphatic heterocycles. The Balaban J connectivity index is 1.08. The number of rotatable bonds is 9. The van der Waals surface area contributed by atoms with E-state index in [0.29, 0.717) is 0 Å². The van der Waals surface area contributed by atoms with Crippen LogP contribution in [0.25, 0.3) is 66.8 Å². The van der Waals surface area contributed by atoms with Gasteiger partial charge in [0.1, 0.15) is 0 Å². The average molecular weight is 804 g/mol. The lowest BCUT2D eigenvalue weighted by Crippen LogP contribution is -2.22. The van der Waals surface area contributed by atoms with Gasteiger partial charge in [0, 0.05) is 22.5 Å². The highest BCUT2D eigenvalue weighted by Crippen LogP contribution is 2.54. The summed E-state index contributed by atoms with van der Waals surface area (Å²) in [6.45, 7) is 2.39. The summed E-state index contributed by atoms with van der Waals surface area (Å²) < 4.78 is 0. The molecule has 1 heteroatoms. The number of benzene rings is 10. The largest absolute Gasteiger partial charge is 0.310 e. The average Bonchev–Trinajstić information content (AvgIpc) is 3.63. The molecular formula is C62H45N. The van der Waals surface area contributed by atoms with Gasteiger partial charge in [0.15, 0.2) is 0 Å². The maximum absolute atomic E-state index is 2.44. The molecule has 0 saturated heterocycles. The summed E-state index contributed by atoms with van der Waals surface area (Å²) >= 11 is 0. The van der Waals surface area contributed by atoms with Gasteiger partial charge in [-0.25, -0.2) is 0 Å². The Kier molecular flexibility index (Phi) is 9.71. The monoisotopic (exact) mass is 803 g/mol. The van der Waals surface area contributed by atoms with E-state index in [2.05, 4.69) is 267 Å². The zero-order chi connectivity index (χ0) is 42.2. The predicted octanol–water partition coefficient (Wildman–Crippen LogP) is 16.8. The highest BCUT2D eigenvalue weighted by atomic mass is 15.1. The van der Waals surface area contributed by atoms with E-state index in [1.165, 1.54) is 77.9 Å². The summed E-state index contributed by atoms with van der Waals surface area (Å²) in [6.07, 6.45) is 0. The third kappa shape index (κ3) is 6.94. The third-order valence-electron chi connectivity index (χ3n) is 13.0. The Labute approximate surface area is 370 Å². The molecule has 0 saturated carbocycles. The quantitative estimate of drug-likeness (QED) is 0.140. The molecule has 10 aromatic carbocycles. The Morgan fingerprint density at radius 1 is 0.254 bits per heavy atom. The fourth-order valence-corrected chi connectivity index (χ4v) is 9.71. The van der Waals surface area contributed by atoms with Crippen LogP contribution in [0.15, 0.2) is 255 Å². The smallest absolute Gasteiger partial charge is 0.0467 e. The highest BCUT2D eigenvalue weighted by Gasteiger charge is 2.41. The summed E-state index contributed by atoms with van der Waals surface area (Å²) in [5.74, 6) is 0. The molecule has 0 fully saturated rings. The van der Waals surface area contributed by atoms with Crippen LogP contribution in [0.2, 0.25) is 0 Å². The molecule has 1 atom stereocenters. The number of anilines is 3. The Morgan fingerprint density at radius 2 is 0.698 bits per heavy atom. The SMILES string of the molecule is CC1(c2ccccc2)c2ccccc2-c2ccc(N(c3ccc(-c4ccccc4)cc3)c3cccc(-c4cc(-c5ccccc5)ccc4-c4ccc(-c5ccccc5)cc4)c3)cc21. The minimum absolute atomic E-state index is 0.323. The molecule has 1 aliphatic rings. The van der Waals surface area contributed by atoms with Crippen LogP contribution in [-0.2, 0) is 5.41 Å². The Morgan fingerprint density at radius 3 is 1.35 bits per heavy atom. The van der Waals surface area contributed by atoms with Crippen LogP contribution in [0.1, 0.15) is 23.6 Å². The molecule has 1 nitrogen and oxygen atoms in total. The first-order valence-corrected chi connectivity index (χ1v) is 21.8. The fraction of sp³-hybridized carbons (Fsp3) is 0.0323. The lowest BCUT2D eigenvalue weighted by atomic mass is 9.74. The van der Waals surface area contributed by atoms with Crippen molar-refractivity contribution in [2.75, 3.05) is 4.90 Å². The number of nitrogens with zero attached hydrogens (tertiary/aromatic N) is 1. The van der Waals surface area contributed by atoms with Crippen LogP contribution in [0.3, 0.4) is 0 Å². The van der Waals surface area contributed by atoms with Gasteiger partial charge < -0.3 is 4.90 Å². The first kappa shape index (κ1) is 38.0. The molecule has 1 aliphatic carbocycles. The standard InChI is InChI=1S/C62H45N/c1-62(52-24-12-5-13-25-52)60-28-15-14-27-57(60)58-40-38-55(43-61(58)62)63(53-36-33-48(34-37-53)45-19-8-3-9-20-45)54-26-16-23-51(41-54)59-42-50(46-21-10-4-11-22-46)35-39-56(59)49-31-29-47(30-32-49)44-17-6-2-7-18-44/h2-43H,1H3. The van der Waals surface area contributed by atoms with Crippen molar-refractivity contribution in [1.29, 1.82) is 0 Å². The first-order chi connectivity index (χ1) is 31.1. The number of hydrogen-bond donors (Lipinski definition) is 0. The number of hydrogen-bond acceptors (Lipinski definition) is 1. The molecular weight excluding hydrogens is 759 g/mol. The maximum atomic E-state index is 2.44. The van der Waals surface area contributed by atoms with E-state index < -0.39 is 0 Å². The molecule has 10 aromatic rings. The van der Waals surface area contributed by atoms with Gasteiger partial charge in [-0.1, -0.05) is 212 Å². The highest BCUT2D eigenvalue weighted by molar-refractivity contribution is 5.91. The summed E-state index contributed by atoms with van der Waals surface area (Å²) in [5, 5.41) is 0. The molecule has 0 aromatic heterocycles. The lowest BCUT2D eigenvalue weighted by molar-refractivity contribution is 0.714. The van der Waals surface area contributed by atoms with Gasteiger partial charge in [-0.3, -0.25) is 0 Å². The minimum atomic E-state index is -0.323. The van der Waals surface area contributed by atoms with E-state index in [4.69, 9.17) is 0 Å². The zero-order valence-corrected chi connectivity index (χ0v) is 35.2. The molecule has 0 N–H and O–H groups in total. The summed E-state index contributed by atoms with van der Waals surface area (Å²) in [6, 6.07) is 93.0. The van der Waals surface area contributed by atoms with E-state index >= 15 is 0 Å². The third-order valence-corrected chi connectivity index (χ3v) is 13.0. The summed E-state index contributed by atoms with van der Waals surface area (Å²) in [5.41, 5.74) is 21.4. The molecule has 1 unspecified atom stereocenters. The topological polar surface area (TPSA) is 3.24 Å².